The van der Waals surface area contributed by atoms with Gasteiger partial charge in [0.2, 0.25) is 0 Å². The molecule has 0 aliphatic rings. The molecule has 1 rings (SSSR count). The van der Waals surface area contributed by atoms with Gasteiger partial charge in [-0.05, 0) is 31.2 Å². The summed E-state index contributed by atoms with van der Waals surface area (Å²) >= 11 is 0. The predicted octanol–water partition coefficient (Wildman–Crippen LogP) is 2.41. The Balaban J connectivity index is 2.71. The maximum absolute atomic E-state index is 11.6. The van der Waals surface area contributed by atoms with Gasteiger partial charge in [-0.1, -0.05) is 12.2 Å². The molecule has 1 aromatic rings. The summed E-state index contributed by atoms with van der Waals surface area (Å²) < 4.78 is 11.6. The number of hydrogen-bond acceptors (Lipinski definition) is 2. The largest absolute Gasteiger partial charge is 0.388 e. The highest BCUT2D eigenvalue weighted by molar-refractivity contribution is 7.85. The van der Waals surface area contributed by atoms with Crippen molar-refractivity contribution in [3.8, 4) is 0 Å². The summed E-state index contributed by atoms with van der Waals surface area (Å²) in [6, 6.07) is 7.66. The van der Waals surface area contributed by atoms with Gasteiger partial charge in [-0.15, -0.1) is 0 Å². The third-order valence-corrected chi connectivity index (χ3v) is 3.18. The van der Waals surface area contributed by atoms with E-state index in [2.05, 4.69) is 5.32 Å². The first kappa shape index (κ1) is 11.0. The molecule has 76 valence electrons. The van der Waals surface area contributed by atoms with Crippen LogP contribution in [0.3, 0.4) is 0 Å². The van der Waals surface area contributed by atoms with Crippen molar-refractivity contribution in [1.29, 1.82) is 0 Å². The van der Waals surface area contributed by atoms with E-state index in [-0.39, 0.29) is 0 Å². The minimum absolute atomic E-state index is 0.593. The maximum atomic E-state index is 11.6. The SMILES string of the molecule is C/C=C/CS(=O)c1ccc(NC)cc1. The van der Waals surface area contributed by atoms with E-state index >= 15 is 0 Å². The van der Waals surface area contributed by atoms with E-state index in [1.807, 2.05) is 50.4 Å². The molecule has 0 aliphatic heterocycles. The molecule has 14 heavy (non-hydrogen) atoms. The second-order valence-corrected chi connectivity index (χ2v) is 4.35. The number of hydrogen-bond donors (Lipinski definition) is 1. The molecule has 0 spiro atoms. The first-order valence-electron chi connectivity index (χ1n) is 4.55. The Bertz CT molecular complexity index is 330. The molecule has 0 saturated heterocycles. The molecule has 3 heteroatoms. The summed E-state index contributed by atoms with van der Waals surface area (Å²) in [6.07, 6.45) is 3.84. The fourth-order valence-corrected chi connectivity index (χ4v) is 2.05. The van der Waals surface area contributed by atoms with Crippen molar-refractivity contribution >= 4 is 16.5 Å². The zero-order valence-electron chi connectivity index (χ0n) is 8.49. The summed E-state index contributed by atoms with van der Waals surface area (Å²) in [5, 5.41) is 3.02. The molecule has 1 N–H and O–H groups in total. The molecular formula is C11H15NOS. The van der Waals surface area contributed by atoms with Crippen molar-refractivity contribution in [3.63, 3.8) is 0 Å². The van der Waals surface area contributed by atoms with Gasteiger partial charge in [-0.2, -0.15) is 0 Å². The highest BCUT2D eigenvalue weighted by Gasteiger charge is 2.00. The molecule has 1 unspecified atom stereocenters. The van der Waals surface area contributed by atoms with Crippen LogP contribution in [0.1, 0.15) is 6.92 Å². The lowest BCUT2D eigenvalue weighted by Crippen LogP contribution is -1.95. The normalized spacial score (nSPS) is 13.0. The molecule has 0 bridgehead atoms. The zero-order valence-corrected chi connectivity index (χ0v) is 9.30. The third kappa shape index (κ3) is 3.00. The van der Waals surface area contributed by atoms with Gasteiger partial charge in [0.25, 0.3) is 0 Å². The zero-order chi connectivity index (χ0) is 10.4. The number of rotatable bonds is 4. The van der Waals surface area contributed by atoms with Crippen LogP contribution >= 0.6 is 0 Å². The van der Waals surface area contributed by atoms with Crippen LogP contribution in [-0.2, 0) is 10.8 Å². The second kappa shape index (κ2) is 5.60. The molecule has 1 atom stereocenters. The Kier molecular flexibility index (Phi) is 4.40. The first-order chi connectivity index (χ1) is 6.77. The summed E-state index contributed by atoms with van der Waals surface area (Å²) in [6.45, 7) is 1.93. The Hall–Kier alpha value is -1.09. The van der Waals surface area contributed by atoms with E-state index in [1.54, 1.807) is 0 Å². The van der Waals surface area contributed by atoms with Crippen LogP contribution in [0.5, 0.6) is 0 Å². The summed E-state index contributed by atoms with van der Waals surface area (Å²) in [7, 11) is 0.959. The van der Waals surface area contributed by atoms with E-state index in [9.17, 15) is 4.21 Å². The van der Waals surface area contributed by atoms with Gasteiger partial charge < -0.3 is 5.32 Å². The van der Waals surface area contributed by atoms with Crippen molar-refractivity contribution in [3.05, 3.63) is 36.4 Å². The van der Waals surface area contributed by atoms with Crippen molar-refractivity contribution in [2.75, 3.05) is 18.1 Å². The van der Waals surface area contributed by atoms with Crippen LogP contribution in [0.2, 0.25) is 0 Å². The Morgan fingerprint density at radius 3 is 2.50 bits per heavy atom. The number of allylic oxidation sites excluding steroid dienone is 1. The van der Waals surface area contributed by atoms with Crippen LogP contribution in [0.4, 0.5) is 5.69 Å². The Labute approximate surface area is 87.5 Å². The van der Waals surface area contributed by atoms with Gasteiger partial charge in [-0.25, -0.2) is 0 Å². The van der Waals surface area contributed by atoms with Crippen molar-refractivity contribution in [1.82, 2.24) is 0 Å². The smallest absolute Gasteiger partial charge is 0.0567 e. The van der Waals surface area contributed by atoms with Crippen LogP contribution in [0.25, 0.3) is 0 Å². The second-order valence-electron chi connectivity index (χ2n) is 2.86. The Morgan fingerprint density at radius 2 is 2.00 bits per heavy atom. The van der Waals surface area contributed by atoms with Gasteiger partial charge >= 0.3 is 0 Å². The highest BCUT2D eigenvalue weighted by Crippen LogP contribution is 2.12. The maximum Gasteiger partial charge on any atom is 0.0567 e. The van der Waals surface area contributed by atoms with E-state index in [4.69, 9.17) is 0 Å². The average molecular weight is 209 g/mol. The molecule has 0 fully saturated rings. The number of anilines is 1. The molecule has 0 aliphatic carbocycles. The predicted molar refractivity (Wildman–Crippen MR) is 62.1 cm³/mol. The summed E-state index contributed by atoms with van der Waals surface area (Å²) in [5.41, 5.74) is 1.04. The monoisotopic (exact) mass is 209 g/mol. The van der Waals surface area contributed by atoms with Crippen LogP contribution in [0, 0.1) is 0 Å². The lowest BCUT2D eigenvalue weighted by atomic mass is 10.3. The van der Waals surface area contributed by atoms with E-state index in [1.165, 1.54) is 0 Å². The lowest BCUT2D eigenvalue weighted by molar-refractivity contribution is 0.685. The number of benzene rings is 1. The van der Waals surface area contributed by atoms with Crippen molar-refractivity contribution < 1.29 is 4.21 Å². The first-order valence-corrected chi connectivity index (χ1v) is 5.87. The van der Waals surface area contributed by atoms with E-state index in [0.29, 0.717) is 5.75 Å². The number of nitrogens with one attached hydrogen (secondary N) is 1. The fourth-order valence-electron chi connectivity index (χ4n) is 1.05. The Morgan fingerprint density at radius 1 is 1.36 bits per heavy atom. The molecule has 0 heterocycles. The quantitative estimate of drug-likeness (QED) is 0.772. The molecular weight excluding hydrogens is 194 g/mol. The molecule has 0 amide bonds. The molecule has 0 radical (unpaired) electrons. The average Bonchev–Trinajstić information content (AvgIpc) is 2.26. The van der Waals surface area contributed by atoms with Gasteiger partial charge in [0, 0.05) is 23.4 Å². The highest BCUT2D eigenvalue weighted by atomic mass is 32.2. The summed E-state index contributed by atoms with van der Waals surface area (Å²) in [5.74, 6) is 0.593. The summed E-state index contributed by atoms with van der Waals surface area (Å²) in [4.78, 5) is 0.877. The standard InChI is InChI=1S/C11H15NOS/c1-3-4-9-14(13)11-7-5-10(12-2)6-8-11/h3-8,12H,9H2,1-2H3/b4-3+. The van der Waals surface area contributed by atoms with E-state index in [0.717, 1.165) is 10.6 Å². The van der Waals surface area contributed by atoms with Crippen LogP contribution < -0.4 is 5.32 Å². The lowest BCUT2D eigenvalue weighted by Gasteiger charge is -2.01. The molecule has 1 aromatic carbocycles. The van der Waals surface area contributed by atoms with Crippen LogP contribution in [0.15, 0.2) is 41.3 Å². The fraction of sp³-hybridized carbons (Fsp3) is 0.273. The van der Waals surface area contributed by atoms with Crippen molar-refractivity contribution in [2.24, 2.45) is 0 Å². The van der Waals surface area contributed by atoms with Gasteiger partial charge in [0.15, 0.2) is 0 Å². The topological polar surface area (TPSA) is 29.1 Å². The third-order valence-electron chi connectivity index (χ3n) is 1.89. The van der Waals surface area contributed by atoms with E-state index < -0.39 is 10.8 Å². The molecule has 2 nitrogen and oxygen atoms in total. The van der Waals surface area contributed by atoms with Gasteiger partial charge in [-0.3, -0.25) is 4.21 Å². The van der Waals surface area contributed by atoms with Crippen LogP contribution in [-0.4, -0.2) is 17.0 Å². The van der Waals surface area contributed by atoms with Gasteiger partial charge in [0.1, 0.15) is 0 Å². The molecule has 0 aromatic heterocycles. The minimum Gasteiger partial charge on any atom is -0.388 e. The molecule has 0 saturated carbocycles. The van der Waals surface area contributed by atoms with Crippen molar-refractivity contribution in [2.45, 2.75) is 11.8 Å². The minimum atomic E-state index is -0.908. The van der Waals surface area contributed by atoms with Gasteiger partial charge in [0.05, 0.1) is 10.8 Å².